The summed E-state index contributed by atoms with van der Waals surface area (Å²) in [6.07, 6.45) is -1.99. The quantitative estimate of drug-likeness (QED) is 0.655. The summed E-state index contributed by atoms with van der Waals surface area (Å²) in [6.45, 7) is 5.81. The molecule has 1 aliphatic rings. The fourth-order valence-electron chi connectivity index (χ4n) is 4.19. The van der Waals surface area contributed by atoms with Crippen LogP contribution in [0.1, 0.15) is 32.8 Å². The van der Waals surface area contributed by atoms with Crippen molar-refractivity contribution in [3.8, 4) is 11.5 Å². The molecule has 7 nitrogen and oxygen atoms in total. The Labute approximate surface area is 194 Å². The average Bonchev–Trinajstić information content (AvgIpc) is 3.03. The zero-order valence-electron chi connectivity index (χ0n) is 19.7. The van der Waals surface area contributed by atoms with Crippen molar-refractivity contribution in [2.24, 2.45) is 0 Å². The number of rotatable bonds is 7. The van der Waals surface area contributed by atoms with Crippen LogP contribution in [-0.2, 0) is 11.3 Å². The number of nitrogens with one attached hydrogen (secondary N) is 1. The van der Waals surface area contributed by atoms with Crippen LogP contribution in [0.3, 0.4) is 0 Å². The number of hydrogen-bond donors (Lipinski definition) is 2. The number of para-hydroxylation sites is 2. The topological polar surface area (TPSA) is 80.3 Å². The van der Waals surface area contributed by atoms with E-state index in [-0.39, 0.29) is 12.2 Å². The van der Waals surface area contributed by atoms with Gasteiger partial charge in [0.1, 0.15) is 23.6 Å². The summed E-state index contributed by atoms with van der Waals surface area (Å²) in [4.78, 5) is 14.5. The smallest absolute Gasteiger partial charge is 0.407 e. The molecule has 8 heteroatoms. The van der Waals surface area contributed by atoms with Gasteiger partial charge in [-0.2, -0.15) is 0 Å². The molecule has 2 aromatic carbocycles. The lowest BCUT2D eigenvalue weighted by atomic mass is 10.1. The lowest BCUT2D eigenvalue weighted by molar-refractivity contribution is 0.00953. The minimum Gasteiger partial charge on any atom is -0.496 e. The van der Waals surface area contributed by atoms with Crippen LogP contribution in [0.2, 0.25) is 0 Å². The molecule has 1 saturated carbocycles. The van der Waals surface area contributed by atoms with E-state index in [0.29, 0.717) is 6.54 Å². The number of methoxy groups -OCH3 is 1. The van der Waals surface area contributed by atoms with Crippen LogP contribution in [0.4, 0.5) is 9.18 Å². The normalized spacial score (nSPS) is 22.8. The Morgan fingerprint density at radius 1 is 1.15 bits per heavy atom. The summed E-state index contributed by atoms with van der Waals surface area (Å²) in [7, 11) is 3.46. The first-order valence-electron chi connectivity index (χ1n) is 11.0. The monoisotopic (exact) mass is 460 g/mol. The largest absolute Gasteiger partial charge is 0.496 e. The lowest BCUT2D eigenvalue weighted by Crippen LogP contribution is -2.52. The number of carbonyl (C=O) groups excluding carboxylic acids is 1. The van der Waals surface area contributed by atoms with Crippen LogP contribution >= 0.6 is 0 Å². The summed E-state index contributed by atoms with van der Waals surface area (Å²) in [6, 6.07) is 12.7. The second-order valence-corrected chi connectivity index (χ2v) is 9.28. The van der Waals surface area contributed by atoms with Crippen LogP contribution in [0, 0.1) is 5.82 Å². The summed E-state index contributed by atoms with van der Waals surface area (Å²) in [5.74, 6) is 0.283. The molecule has 33 heavy (non-hydrogen) atoms. The van der Waals surface area contributed by atoms with E-state index in [2.05, 4.69) is 5.32 Å². The zero-order chi connectivity index (χ0) is 24.2. The van der Waals surface area contributed by atoms with Crippen molar-refractivity contribution in [2.75, 3.05) is 14.2 Å². The van der Waals surface area contributed by atoms with Crippen molar-refractivity contribution < 1.29 is 28.5 Å². The van der Waals surface area contributed by atoms with Gasteiger partial charge in [0.2, 0.25) is 0 Å². The molecule has 4 atom stereocenters. The molecule has 0 unspecified atom stereocenters. The Kier molecular flexibility index (Phi) is 7.81. The number of benzene rings is 2. The first kappa shape index (κ1) is 24.8. The maximum atomic E-state index is 14.2. The molecule has 3 rings (SSSR count). The zero-order valence-corrected chi connectivity index (χ0v) is 19.7. The third kappa shape index (κ3) is 6.36. The van der Waals surface area contributed by atoms with Crippen LogP contribution < -0.4 is 14.8 Å². The fraction of sp³-hybridized carbons (Fsp3) is 0.480. The van der Waals surface area contributed by atoms with Crippen LogP contribution in [0.25, 0.3) is 0 Å². The van der Waals surface area contributed by atoms with Crippen molar-refractivity contribution in [2.45, 2.75) is 63.6 Å². The maximum Gasteiger partial charge on any atom is 0.407 e. The number of likely N-dealkylation sites (N-methyl/N-ethyl adjacent to an activating group) is 1. The standard InChI is InChI=1S/C25H33FN2O5/c1-25(2,3)33-24(30)27-18-14-21(32-20-13-9-7-11-17(20)26)23(29)22(18)28(4)15-16-10-6-8-12-19(16)31-5/h6-13,18,21-23,29H,14-15H2,1-5H3,(H,27,30)/t18-,21-,22+,23+/m1/s1. The average molecular weight is 461 g/mol. The number of alkyl carbamates (subject to hydrolysis) is 1. The molecule has 1 fully saturated rings. The Balaban J connectivity index is 1.82. The van der Waals surface area contributed by atoms with E-state index in [1.165, 1.54) is 12.1 Å². The highest BCUT2D eigenvalue weighted by Gasteiger charge is 2.47. The van der Waals surface area contributed by atoms with Gasteiger partial charge < -0.3 is 24.6 Å². The van der Waals surface area contributed by atoms with E-state index in [1.807, 2.05) is 36.2 Å². The van der Waals surface area contributed by atoms with Gasteiger partial charge in [-0.25, -0.2) is 9.18 Å². The first-order chi connectivity index (χ1) is 15.6. The molecular formula is C25H33FN2O5. The second kappa shape index (κ2) is 10.4. The van der Waals surface area contributed by atoms with Crippen LogP contribution in [0.5, 0.6) is 11.5 Å². The van der Waals surface area contributed by atoms with E-state index in [4.69, 9.17) is 14.2 Å². The number of hydrogen-bond acceptors (Lipinski definition) is 6. The van der Waals surface area contributed by atoms with E-state index in [9.17, 15) is 14.3 Å². The summed E-state index contributed by atoms with van der Waals surface area (Å²) in [5, 5.41) is 14.1. The Morgan fingerprint density at radius 2 is 1.79 bits per heavy atom. The van der Waals surface area contributed by atoms with E-state index in [0.717, 1.165) is 11.3 Å². The number of halogens is 1. The SMILES string of the molecule is COc1ccccc1CN(C)[C@@H]1[C@@H](O)[C@H](Oc2ccccc2F)C[C@H]1NC(=O)OC(C)(C)C. The number of nitrogens with zero attached hydrogens (tertiary/aromatic N) is 1. The van der Waals surface area contributed by atoms with Gasteiger partial charge in [0, 0.05) is 18.5 Å². The highest BCUT2D eigenvalue weighted by Crippen LogP contribution is 2.31. The molecule has 0 aromatic heterocycles. The molecule has 0 saturated heterocycles. The van der Waals surface area contributed by atoms with Gasteiger partial charge in [-0.05, 0) is 46.0 Å². The van der Waals surface area contributed by atoms with Crippen molar-refractivity contribution >= 4 is 6.09 Å². The van der Waals surface area contributed by atoms with E-state index < -0.39 is 41.8 Å². The van der Waals surface area contributed by atoms with E-state index in [1.54, 1.807) is 40.0 Å². The molecule has 1 amide bonds. The molecule has 0 bridgehead atoms. The fourth-order valence-corrected chi connectivity index (χ4v) is 4.19. The predicted molar refractivity (Wildman–Crippen MR) is 123 cm³/mol. The van der Waals surface area contributed by atoms with Crippen LogP contribution in [-0.4, -0.2) is 60.1 Å². The highest BCUT2D eigenvalue weighted by atomic mass is 19.1. The highest BCUT2D eigenvalue weighted by molar-refractivity contribution is 5.68. The molecule has 0 spiro atoms. The predicted octanol–water partition coefficient (Wildman–Crippen LogP) is 3.74. The minimum absolute atomic E-state index is 0.0607. The van der Waals surface area contributed by atoms with Crippen molar-refractivity contribution in [1.29, 1.82) is 0 Å². The van der Waals surface area contributed by atoms with Gasteiger partial charge >= 0.3 is 6.09 Å². The lowest BCUT2D eigenvalue weighted by Gasteiger charge is -2.33. The number of aliphatic hydroxyl groups excluding tert-OH is 1. The van der Waals surface area contributed by atoms with Gasteiger partial charge in [0.05, 0.1) is 19.2 Å². The molecule has 2 aromatic rings. The van der Waals surface area contributed by atoms with Crippen molar-refractivity contribution in [3.05, 3.63) is 59.9 Å². The van der Waals surface area contributed by atoms with Gasteiger partial charge in [-0.1, -0.05) is 30.3 Å². The number of aliphatic hydroxyl groups is 1. The van der Waals surface area contributed by atoms with Gasteiger partial charge in [0.15, 0.2) is 11.6 Å². The summed E-state index contributed by atoms with van der Waals surface area (Å²) < 4.78 is 30.9. The summed E-state index contributed by atoms with van der Waals surface area (Å²) >= 11 is 0. The number of carbonyl (C=O) groups is 1. The molecule has 1 aliphatic carbocycles. The molecule has 2 N–H and O–H groups in total. The molecular weight excluding hydrogens is 427 g/mol. The molecule has 0 radical (unpaired) electrons. The molecule has 180 valence electrons. The van der Waals surface area contributed by atoms with Crippen molar-refractivity contribution in [3.63, 3.8) is 0 Å². The second-order valence-electron chi connectivity index (χ2n) is 9.28. The Bertz CT molecular complexity index is 948. The van der Waals surface area contributed by atoms with Crippen LogP contribution in [0.15, 0.2) is 48.5 Å². The first-order valence-corrected chi connectivity index (χ1v) is 11.0. The minimum atomic E-state index is -0.982. The van der Waals surface area contributed by atoms with Gasteiger partial charge in [-0.15, -0.1) is 0 Å². The summed E-state index contributed by atoms with van der Waals surface area (Å²) in [5.41, 5.74) is 0.271. The molecule has 0 aliphatic heterocycles. The third-order valence-corrected chi connectivity index (χ3v) is 5.57. The van der Waals surface area contributed by atoms with E-state index >= 15 is 0 Å². The Morgan fingerprint density at radius 3 is 2.42 bits per heavy atom. The number of ether oxygens (including phenoxy) is 3. The number of amides is 1. The Hall–Kier alpha value is -2.84. The maximum absolute atomic E-state index is 14.2. The van der Waals surface area contributed by atoms with Crippen molar-refractivity contribution in [1.82, 2.24) is 10.2 Å². The molecule has 0 heterocycles. The van der Waals surface area contributed by atoms with Gasteiger partial charge in [0.25, 0.3) is 0 Å². The third-order valence-electron chi connectivity index (χ3n) is 5.57. The van der Waals surface area contributed by atoms with Gasteiger partial charge in [-0.3, -0.25) is 4.90 Å².